The van der Waals surface area contributed by atoms with Crippen LogP contribution in [0.4, 0.5) is 10.2 Å². The van der Waals surface area contributed by atoms with E-state index in [0.717, 1.165) is 11.1 Å². The van der Waals surface area contributed by atoms with Crippen LogP contribution in [0.2, 0.25) is 5.02 Å². The van der Waals surface area contributed by atoms with Crippen molar-refractivity contribution < 1.29 is 4.39 Å². The third-order valence-electron chi connectivity index (χ3n) is 2.39. The summed E-state index contributed by atoms with van der Waals surface area (Å²) in [6.07, 6.45) is 1.63. The van der Waals surface area contributed by atoms with E-state index in [1.54, 1.807) is 12.3 Å². The molecule has 1 aromatic heterocycles. The number of anilines is 1. The van der Waals surface area contributed by atoms with Crippen LogP contribution in [-0.2, 0) is 0 Å². The summed E-state index contributed by atoms with van der Waals surface area (Å²) in [5, 5.41) is 0.336. The van der Waals surface area contributed by atoms with E-state index in [9.17, 15) is 4.39 Å². The van der Waals surface area contributed by atoms with Crippen LogP contribution in [0.5, 0.6) is 0 Å². The molecule has 0 radical (unpaired) electrons. The average Bonchev–Trinajstić information content (AvgIpc) is 2.20. The monoisotopic (exact) mass is 236 g/mol. The number of nitrogens with zero attached hydrogens (tertiary/aromatic N) is 1. The lowest BCUT2D eigenvalue weighted by Crippen LogP contribution is -1.96. The van der Waals surface area contributed by atoms with E-state index in [0.29, 0.717) is 16.4 Å². The zero-order chi connectivity index (χ0) is 11.7. The molecule has 0 saturated heterocycles. The van der Waals surface area contributed by atoms with Gasteiger partial charge in [-0.25, -0.2) is 9.37 Å². The van der Waals surface area contributed by atoms with Crippen LogP contribution >= 0.6 is 11.6 Å². The molecule has 2 aromatic rings. The van der Waals surface area contributed by atoms with Crippen molar-refractivity contribution in [2.75, 3.05) is 5.73 Å². The van der Waals surface area contributed by atoms with E-state index in [1.165, 1.54) is 12.1 Å². The summed E-state index contributed by atoms with van der Waals surface area (Å²) in [6.45, 7) is 1.91. The molecule has 82 valence electrons. The van der Waals surface area contributed by atoms with Gasteiger partial charge in [-0.05, 0) is 36.8 Å². The van der Waals surface area contributed by atoms with Gasteiger partial charge < -0.3 is 5.73 Å². The van der Waals surface area contributed by atoms with Crippen molar-refractivity contribution in [3.05, 3.63) is 46.9 Å². The Morgan fingerprint density at radius 1 is 1.31 bits per heavy atom. The number of nitrogen functional groups attached to an aromatic ring is 1. The second-order valence-electron chi connectivity index (χ2n) is 3.51. The van der Waals surface area contributed by atoms with Crippen molar-refractivity contribution in [3.63, 3.8) is 0 Å². The molecule has 0 aliphatic carbocycles. The van der Waals surface area contributed by atoms with Gasteiger partial charge in [-0.1, -0.05) is 11.6 Å². The first-order chi connectivity index (χ1) is 7.59. The van der Waals surface area contributed by atoms with E-state index in [4.69, 9.17) is 17.3 Å². The highest BCUT2D eigenvalue weighted by Crippen LogP contribution is 2.33. The Hall–Kier alpha value is -1.61. The van der Waals surface area contributed by atoms with E-state index in [2.05, 4.69) is 4.98 Å². The number of hydrogen-bond donors (Lipinski definition) is 1. The third-order valence-corrected chi connectivity index (χ3v) is 2.70. The van der Waals surface area contributed by atoms with Gasteiger partial charge in [0.1, 0.15) is 11.6 Å². The van der Waals surface area contributed by atoms with E-state index < -0.39 is 0 Å². The molecular weight excluding hydrogens is 227 g/mol. The molecule has 0 fully saturated rings. The molecule has 2 N–H and O–H groups in total. The number of hydrogen-bond acceptors (Lipinski definition) is 2. The van der Waals surface area contributed by atoms with Crippen LogP contribution in [0.15, 0.2) is 30.5 Å². The summed E-state index contributed by atoms with van der Waals surface area (Å²) in [5.74, 6) is 0.0300. The zero-order valence-electron chi connectivity index (χ0n) is 8.67. The van der Waals surface area contributed by atoms with E-state index in [1.807, 2.05) is 13.0 Å². The molecule has 2 rings (SSSR count). The van der Waals surface area contributed by atoms with Crippen LogP contribution in [0, 0.1) is 12.7 Å². The fraction of sp³-hybridized carbons (Fsp3) is 0.0833. The van der Waals surface area contributed by atoms with Gasteiger partial charge in [0.05, 0.1) is 5.02 Å². The second-order valence-corrected chi connectivity index (χ2v) is 3.92. The Balaban J connectivity index is 2.68. The highest BCUT2D eigenvalue weighted by molar-refractivity contribution is 6.33. The summed E-state index contributed by atoms with van der Waals surface area (Å²) < 4.78 is 12.9. The molecule has 0 amide bonds. The molecule has 0 bridgehead atoms. The van der Waals surface area contributed by atoms with E-state index in [-0.39, 0.29) is 5.82 Å². The van der Waals surface area contributed by atoms with Crippen LogP contribution < -0.4 is 5.73 Å². The predicted octanol–water partition coefficient (Wildman–Crippen LogP) is 3.43. The van der Waals surface area contributed by atoms with Gasteiger partial charge in [-0.15, -0.1) is 0 Å². The Morgan fingerprint density at radius 3 is 2.69 bits per heavy atom. The Morgan fingerprint density at radius 2 is 2.06 bits per heavy atom. The number of pyridine rings is 1. The summed E-state index contributed by atoms with van der Waals surface area (Å²) >= 11 is 5.98. The maximum atomic E-state index is 12.9. The summed E-state index contributed by atoms with van der Waals surface area (Å²) in [7, 11) is 0. The Kier molecular flexibility index (Phi) is 2.79. The van der Waals surface area contributed by atoms with Gasteiger partial charge >= 0.3 is 0 Å². The Labute approximate surface area is 97.9 Å². The lowest BCUT2D eigenvalue weighted by atomic mass is 10.0. The first-order valence-electron chi connectivity index (χ1n) is 4.76. The van der Waals surface area contributed by atoms with Crippen molar-refractivity contribution >= 4 is 17.4 Å². The maximum absolute atomic E-state index is 12.9. The summed E-state index contributed by atoms with van der Waals surface area (Å²) in [5.41, 5.74) is 8.21. The fourth-order valence-electron chi connectivity index (χ4n) is 1.62. The van der Waals surface area contributed by atoms with E-state index >= 15 is 0 Å². The predicted molar refractivity (Wildman–Crippen MR) is 63.8 cm³/mol. The topological polar surface area (TPSA) is 38.9 Å². The molecule has 1 heterocycles. The molecular formula is C12H10ClFN2. The molecule has 4 heteroatoms. The smallest absolute Gasteiger partial charge is 0.131 e. The highest BCUT2D eigenvalue weighted by atomic mass is 35.5. The number of nitrogens with two attached hydrogens (primary N) is 1. The normalized spacial score (nSPS) is 10.4. The first-order valence-corrected chi connectivity index (χ1v) is 5.14. The molecule has 0 atom stereocenters. The maximum Gasteiger partial charge on any atom is 0.131 e. The minimum atomic E-state index is -0.367. The fourth-order valence-corrected chi connectivity index (χ4v) is 1.88. The molecule has 16 heavy (non-hydrogen) atoms. The molecule has 0 unspecified atom stereocenters. The van der Waals surface area contributed by atoms with Crippen molar-refractivity contribution in [1.82, 2.24) is 4.98 Å². The van der Waals surface area contributed by atoms with Crippen LogP contribution in [-0.4, -0.2) is 4.98 Å². The van der Waals surface area contributed by atoms with Crippen LogP contribution in [0.3, 0.4) is 0 Å². The van der Waals surface area contributed by atoms with Crippen molar-refractivity contribution in [2.45, 2.75) is 6.92 Å². The second kappa shape index (κ2) is 4.10. The average molecular weight is 237 g/mol. The number of rotatable bonds is 1. The van der Waals surface area contributed by atoms with Gasteiger partial charge in [0.2, 0.25) is 0 Å². The van der Waals surface area contributed by atoms with Crippen LogP contribution in [0.1, 0.15) is 5.56 Å². The van der Waals surface area contributed by atoms with Gasteiger partial charge in [0, 0.05) is 17.3 Å². The molecule has 1 aromatic carbocycles. The van der Waals surface area contributed by atoms with Crippen LogP contribution in [0.25, 0.3) is 11.1 Å². The first kappa shape index (κ1) is 10.9. The molecule has 2 nitrogen and oxygen atoms in total. The van der Waals surface area contributed by atoms with Gasteiger partial charge in [-0.3, -0.25) is 0 Å². The molecule has 0 saturated carbocycles. The summed E-state index contributed by atoms with van der Waals surface area (Å²) in [4.78, 5) is 4.01. The number of halogens is 2. The molecule has 0 aliphatic heterocycles. The largest absolute Gasteiger partial charge is 0.383 e. The number of benzene rings is 1. The standard InChI is InChI=1S/C12H10ClFN2/c1-7-4-5-16-12(15)11(7)9-3-2-8(14)6-10(9)13/h2-6H,1H3,(H2,15,16). The van der Waals surface area contributed by atoms with Gasteiger partial charge in [0.15, 0.2) is 0 Å². The number of aromatic nitrogens is 1. The van der Waals surface area contributed by atoms with Crippen molar-refractivity contribution in [3.8, 4) is 11.1 Å². The molecule has 0 aliphatic rings. The van der Waals surface area contributed by atoms with Crippen molar-refractivity contribution in [1.29, 1.82) is 0 Å². The molecule has 0 spiro atoms. The highest BCUT2D eigenvalue weighted by Gasteiger charge is 2.11. The number of aryl methyl sites for hydroxylation is 1. The third kappa shape index (κ3) is 1.86. The minimum absolute atomic E-state index is 0.336. The van der Waals surface area contributed by atoms with Gasteiger partial charge in [-0.2, -0.15) is 0 Å². The van der Waals surface area contributed by atoms with Gasteiger partial charge in [0.25, 0.3) is 0 Å². The van der Waals surface area contributed by atoms with Crippen molar-refractivity contribution in [2.24, 2.45) is 0 Å². The lowest BCUT2D eigenvalue weighted by molar-refractivity contribution is 0.628. The summed E-state index contributed by atoms with van der Waals surface area (Å²) in [6, 6.07) is 6.07. The zero-order valence-corrected chi connectivity index (χ0v) is 9.42. The quantitative estimate of drug-likeness (QED) is 0.824. The minimum Gasteiger partial charge on any atom is -0.383 e. The SMILES string of the molecule is Cc1ccnc(N)c1-c1ccc(F)cc1Cl. The lowest BCUT2D eigenvalue weighted by Gasteiger charge is -2.10. The Bertz CT molecular complexity index is 520.